The van der Waals surface area contributed by atoms with Crippen molar-refractivity contribution in [2.24, 2.45) is 11.7 Å². The number of likely N-dealkylation sites (tertiary alicyclic amines) is 1. The monoisotopic (exact) mass is 300 g/mol. The maximum atomic E-state index is 13.5. The van der Waals surface area contributed by atoms with Crippen LogP contribution in [-0.2, 0) is 4.74 Å². The number of piperidine rings is 1. The quantitative estimate of drug-likeness (QED) is 0.929. The Labute approximate surface area is 124 Å². The summed E-state index contributed by atoms with van der Waals surface area (Å²) in [4.78, 5) is 2.26. The summed E-state index contributed by atoms with van der Waals surface area (Å²) in [6, 6.07) is 4.61. The highest BCUT2D eigenvalue weighted by molar-refractivity contribution is 6.30. The van der Waals surface area contributed by atoms with Crippen LogP contribution >= 0.6 is 11.6 Å². The van der Waals surface area contributed by atoms with Crippen LogP contribution in [-0.4, -0.2) is 37.7 Å². The lowest BCUT2D eigenvalue weighted by Gasteiger charge is -2.40. The second-order valence-corrected chi connectivity index (χ2v) is 5.93. The molecule has 2 N–H and O–H groups in total. The largest absolute Gasteiger partial charge is 0.380 e. The third kappa shape index (κ3) is 3.50. The molecular formula is C15H22ClFN2O. The van der Waals surface area contributed by atoms with Crippen molar-refractivity contribution in [2.75, 3.05) is 26.7 Å². The molecule has 3 unspecified atom stereocenters. The lowest BCUT2D eigenvalue weighted by molar-refractivity contribution is -0.0183. The number of hydrogen-bond donors (Lipinski definition) is 1. The molecule has 1 heterocycles. The highest BCUT2D eigenvalue weighted by Crippen LogP contribution is 2.29. The second kappa shape index (κ2) is 6.85. The molecule has 1 aromatic rings. The zero-order chi connectivity index (χ0) is 14.7. The Morgan fingerprint density at radius 2 is 2.25 bits per heavy atom. The van der Waals surface area contributed by atoms with E-state index in [4.69, 9.17) is 22.1 Å². The van der Waals surface area contributed by atoms with E-state index in [1.165, 1.54) is 12.1 Å². The average Bonchev–Trinajstić information content (AvgIpc) is 2.40. The molecule has 1 aliphatic heterocycles. The number of ether oxygens (including phenoxy) is 1. The first kappa shape index (κ1) is 15.7. The van der Waals surface area contributed by atoms with Gasteiger partial charge in [0.2, 0.25) is 0 Å². The van der Waals surface area contributed by atoms with Crippen molar-refractivity contribution in [3.05, 3.63) is 34.6 Å². The molecule has 1 fully saturated rings. The zero-order valence-corrected chi connectivity index (χ0v) is 12.7. The SMILES string of the molecule is COC1CN(C(CN)c2cc(F)cc(Cl)c2)CCC1C. The molecule has 0 radical (unpaired) electrons. The van der Waals surface area contributed by atoms with Gasteiger partial charge in [-0.25, -0.2) is 4.39 Å². The Bertz CT molecular complexity index is 437. The Hall–Kier alpha value is -0.680. The van der Waals surface area contributed by atoms with Crippen molar-refractivity contribution in [3.63, 3.8) is 0 Å². The van der Waals surface area contributed by atoms with Gasteiger partial charge in [-0.1, -0.05) is 18.5 Å². The fraction of sp³-hybridized carbons (Fsp3) is 0.600. The summed E-state index contributed by atoms with van der Waals surface area (Å²) in [5.41, 5.74) is 6.74. The van der Waals surface area contributed by atoms with Crippen LogP contribution in [0, 0.1) is 11.7 Å². The van der Waals surface area contributed by atoms with Crippen LogP contribution in [0.1, 0.15) is 24.9 Å². The number of nitrogens with two attached hydrogens (primary N) is 1. The summed E-state index contributed by atoms with van der Waals surface area (Å²) in [7, 11) is 1.74. The number of methoxy groups -OCH3 is 1. The molecule has 0 saturated carbocycles. The molecule has 20 heavy (non-hydrogen) atoms. The zero-order valence-electron chi connectivity index (χ0n) is 12.0. The van der Waals surface area contributed by atoms with Crippen LogP contribution < -0.4 is 5.73 Å². The highest BCUT2D eigenvalue weighted by Gasteiger charge is 2.30. The molecule has 1 saturated heterocycles. The molecule has 0 spiro atoms. The smallest absolute Gasteiger partial charge is 0.125 e. The first-order chi connectivity index (χ1) is 9.55. The minimum atomic E-state index is -0.320. The van der Waals surface area contributed by atoms with Gasteiger partial charge in [0.15, 0.2) is 0 Å². The number of hydrogen-bond acceptors (Lipinski definition) is 3. The number of benzene rings is 1. The molecule has 1 aliphatic rings. The van der Waals surface area contributed by atoms with Crippen molar-refractivity contribution >= 4 is 11.6 Å². The van der Waals surface area contributed by atoms with Crippen LogP contribution in [0.4, 0.5) is 4.39 Å². The molecule has 0 aliphatic carbocycles. The normalized spacial score (nSPS) is 25.6. The predicted octanol–water partition coefficient (Wildman–Crippen LogP) is 2.84. The first-order valence-corrected chi connectivity index (χ1v) is 7.35. The van der Waals surface area contributed by atoms with Crippen LogP contribution in [0.2, 0.25) is 5.02 Å². The summed E-state index contributed by atoms with van der Waals surface area (Å²) in [5, 5.41) is 0.409. The third-order valence-corrected chi connectivity index (χ3v) is 4.38. The van der Waals surface area contributed by atoms with Gasteiger partial charge in [0.1, 0.15) is 5.82 Å². The van der Waals surface area contributed by atoms with Crippen LogP contribution in [0.3, 0.4) is 0 Å². The van der Waals surface area contributed by atoms with E-state index in [2.05, 4.69) is 11.8 Å². The van der Waals surface area contributed by atoms with Crippen LogP contribution in [0.5, 0.6) is 0 Å². The summed E-state index contributed by atoms with van der Waals surface area (Å²) >= 11 is 5.95. The van der Waals surface area contributed by atoms with E-state index in [0.717, 1.165) is 25.1 Å². The molecule has 0 amide bonds. The summed E-state index contributed by atoms with van der Waals surface area (Å²) in [6.07, 6.45) is 1.25. The average molecular weight is 301 g/mol. The van der Waals surface area contributed by atoms with Crippen molar-refractivity contribution in [3.8, 4) is 0 Å². The lowest BCUT2D eigenvalue weighted by Crippen LogP contribution is -2.47. The second-order valence-electron chi connectivity index (χ2n) is 5.49. The molecule has 0 aromatic heterocycles. The molecule has 0 bridgehead atoms. The fourth-order valence-corrected chi connectivity index (χ4v) is 3.14. The van der Waals surface area contributed by atoms with E-state index in [1.807, 2.05) is 0 Å². The van der Waals surface area contributed by atoms with Gasteiger partial charge in [0.05, 0.1) is 6.10 Å². The van der Waals surface area contributed by atoms with E-state index in [-0.39, 0.29) is 18.0 Å². The van der Waals surface area contributed by atoms with Gasteiger partial charge in [-0.3, -0.25) is 4.90 Å². The van der Waals surface area contributed by atoms with Gasteiger partial charge in [-0.15, -0.1) is 0 Å². The van der Waals surface area contributed by atoms with Crippen molar-refractivity contribution < 1.29 is 9.13 Å². The lowest BCUT2D eigenvalue weighted by atomic mass is 9.93. The first-order valence-electron chi connectivity index (χ1n) is 6.98. The van der Waals surface area contributed by atoms with Gasteiger partial charge < -0.3 is 10.5 Å². The van der Waals surface area contributed by atoms with E-state index in [0.29, 0.717) is 17.5 Å². The number of rotatable bonds is 4. The van der Waals surface area contributed by atoms with Gasteiger partial charge in [0.25, 0.3) is 0 Å². The molecule has 3 atom stereocenters. The van der Waals surface area contributed by atoms with Gasteiger partial charge in [0, 0.05) is 31.3 Å². The minimum Gasteiger partial charge on any atom is -0.380 e. The highest BCUT2D eigenvalue weighted by atomic mass is 35.5. The van der Waals surface area contributed by atoms with E-state index < -0.39 is 0 Å². The van der Waals surface area contributed by atoms with Gasteiger partial charge >= 0.3 is 0 Å². The molecule has 2 rings (SSSR count). The predicted molar refractivity (Wildman–Crippen MR) is 79.4 cm³/mol. The Kier molecular flexibility index (Phi) is 5.38. The summed E-state index contributed by atoms with van der Waals surface area (Å²) in [5.74, 6) is 0.213. The summed E-state index contributed by atoms with van der Waals surface area (Å²) in [6.45, 7) is 4.39. The van der Waals surface area contributed by atoms with E-state index in [1.54, 1.807) is 13.2 Å². The van der Waals surface area contributed by atoms with E-state index >= 15 is 0 Å². The number of nitrogens with zero attached hydrogens (tertiary/aromatic N) is 1. The Balaban J connectivity index is 2.19. The minimum absolute atomic E-state index is 0.0200. The van der Waals surface area contributed by atoms with Crippen molar-refractivity contribution in [1.29, 1.82) is 0 Å². The maximum Gasteiger partial charge on any atom is 0.125 e. The number of halogens is 2. The molecule has 5 heteroatoms. The molecule has 1 aromatic carbocycles. The van der Waals surface area contributed by atoms with Gasteiger partial charge in [-0.2, -0.15) is 0 Å². The van der Waals surface area contributed by atoms with Crippen LogP contribution in [0.25, 0.3) is 0 Å². The summed E-state index contributed by atoms with van der Waals surface area (Å²) < 4.78 is 19.1. The molecule has 3 nitrogen and oxygen atoms in total. The van der Waals surface area contributed by atoms with Crippen LogP contribution in [0.15, 0.2) is 18.2 Å². The standard InChI is InChI=1S/C15H22ClFN2O/c1-10-3-4-19(9-15(10)20-2)14(8-18)11-5-12(16)7-13(17)6-11/h5-7,10,14-15H,3-4,8-9,18H2,1-2H3. The molecule has 112 valence electrons. The maximum absolute atomic E-state index is 13.5. The molecular weight excluding hydrogens is 279 g/mol. The Morgan fingerprint density at radius 3 is 2.85 bits per heavy atom. The Morgan fingerprint density at radius 1 is 1.50 bits per heavy atom. The van der Waals surface area contributed by atoms with Gasteiger partial charge in [-0.05, 0) is 42.6 Å². The van der Waals surface area contributed by atoms with E-state index in [9.17, 15) is 4.39 Å². The van der Waals surface area contributed by atoms with Crippen molar-refractivity contribution in [2.45, 2.75) is 25.5 Å². The topological polar surface area (TPSA) is 38.5 Å². The fourth-order valence-electron chi connectivity index (χ4n) is 2.91. The van der Waals surface area contributed by atoms with Crippen molar-refractivity contribution in [1.82, 2.24) is 4.90 Å². The third-order valence-electron chi connectivity index (χ3n) is 4.16.